The Bertz CT molecular complexity index is 395. The van der Waals surface area contributed by atoms with Crippen molar-refractivity contribution in [2.45, 2.75) is 19.4 Å². The van der Waals surface area contributed by atoms with Crippen molar-refractivity contribution in [1.82, 2.24) is 0 Å². The first-order chi connectivity index (χ1) is 7.59. The molecule has 1 heterocycles. The summed E-state index contributed by atoms with van der Waals surface area (Å²) in [5.74, 6) is 0.949. The highest BCUT2D eigenvalue weighted by Crippen LogP contribution is 2.31. The lowest BCUT2D eigenvalue weighted by Crippen LogP contribution is -2.36. The molecule has 86 valence electrons. The van der Waals surface area contributed by atoms with Crippen LogP contribution in [0.5, 0.6) is 11.5 Å². The van der Waals surface area contributed by atoms with Gasteiger partial charge in [0.15, 0.2) is 11.5 Å². The molecule has 1 aromatic carbocycles. The van der Waals surface area contributed by atoms with Crippen LogP contribution in [0.1, 0.15) is 12.5 Å². The molecule has 1 aromatic rings. The number of ether oxygens (including phenoxy) is 2. The fourth-order valence-electron chi connectivity index (χ4n) is 1.84. The number of benzene rings is 1. The molecule has 1 aliphatic rings. The van der Waals surface area contributed by atoms with Crippen LogP contribution < -0.4 is 20.7 Å². The summed E-state index contributed by atoms with van der Waals surface area (Å²) < 4.78 is 10.4. The molecule has 0 radical (unpaired) electrons. The number of hydrogen-bond donors (Lipinski definition) is 3. The Labute approximate surface area is 93.9 Å². The number of nitrogens with two attached hydrogens (primary N) is 1. The minimum Gasteiger partial charge on any atom is -0.454 e. The topological polar surface area (TPSA) is 84.9 Å². The second-order valence-electron chi connectivity index (χ2n) is 3.93. The van der Waals surface area contributed by atoms with Crippen LogP contribution in [0.3, 0.4) is 0 Å². The highest BCUT2D eigenvalue weighted by atomic mass is 16.7. The smallest absolute Gasteiger partial charge is 0.454 e. The molecule has 0 aromatic heterocycles. The van der Waals surface area contributed by atoms with Gasteiger partial charge in [-0.15, -0.1) is 0 Å². The molecule has 5 nitrogen and oxygen atoms in total. The van der Waals surface area contributed by atoms with Gasteiger partial charge in [-0.3, -0.25) is 0 Å². The highest BCUT2D eigenvalue weighted by molar-refractivity contribution is 6.60. The van der Waals surface area contributed by atoms with E-state index >= 15 is 0 Å². The molecule has 0 saturated heterocycles. The summed E-state index contributed by atoms with van der Waals surface area (Å²) in [6, 6.07) is 3.48. The zero-order valence-electron chi connectivity index (χ0n) is 9.01. The summed E-state index contributed by atoms with van der Waals surface area (Å²) >= 11 is 0. The van der Waals surface area contributed by atoms with Gasteiger partial charge in [-0.05, 0) is 25.0 Å². The molecule has 1 aliphatic heterocycles. The average molecular weight is 223 g/mol. The Morgan fingerprint density at radius 2 is 2.19 bits per heavy atom. The maximum absolute atomic E-state index is 9.36. The summed E-state index contributed by atoms with van der Waals surface area (Å²) in [4.78, 5) is 0. The Balaban J connectivity index is 2.45. The van der Waals surface area contributed by atoms with Crippen LogP contribution in [0.4, 0.5) is 0 Å². The van der Waals surface area contributed by atoms with E-state index in [1.54, 1.807) is 12.1 Å². The predicted molar refractivity (Wildman–Crippen MR) is 59.7 cm³/mol. The Hall–Kier alpha value is -1.24. The van der Waals surface area contributed by atoms with Gasteiger partial charge in [0.05, 0.1) is 0 Å². The van der Waals surface area contributed by atoms with Gasteiger partial charge in [0.2, 0.25) is 6.79 Å². The third-order valence-corrected chi connectivity index (χ3v) is 2.47. The summed E-state index contributed by atoms with van der Waals surface area (Å²) in [6.07, 6.45) is 0.559. The molecular formula is C10H14BNO4. The lowest BCUT2D eigenvalue weighted by atomic mass is 9.75. The molecule has 4 N–H and O–H groups in total. The van der Waals surface area contributed by atoms with Crippen LogP contribution in [0.2, 0.25) is 0 Å². The third kappa shape index (κ3) is 1.99. The van der Waals surface area contributed by atoms with Crippen molar-refractivity contribution in [3.05, 3.63) is 17.7 Å². The van der Waals surface area contributed by atoms with Gasteiger partial charge in [-0.25, -0.2) is 0 Å². The average Bonchev–Trinajstić information content (AvgIpc) is 2.63. The summed E-state index contributed by atoms with van der Waals surface area (Å²) in [5.41, 5.74) is 6.83. The van der Waals surface area contributed by atoms with E-state index in [-0.39, 0.29) is 12.8 Å². The van der Waals surface area contributed by atoms with Crippen LogP contribution in [0.15, 0.2) is 12.1 Å². The lowest BCUT2D eigenvalue weighted by molar-refractivity contribution is 0.174. The van der Waals surface area contributed by atoms with E-state index in [1.165, 1.54) is 0 Å². The van der Waals surface area contributed by atoms with Crippen molar-refractivity contribution in [3.63, 3.8) is 0 Å². The van der Waals surface area contributed by atoms with Gasteiger partial charge in [0, 0.05) is 11.5 Å². The van der Waals surface area contributed by atoms with Crippen LogP contribution in [0, 0.1) is 0 Å². The SMILES string of the molecule is CC(N)Cc1ccc2c(c1B(O)O)OCO2. The first-order valence-electron chi connectivity index (χ1n) is 5.12. The lowest BCUT2D eigenvalue weighted by Gasteiger charge is -2.13. The maximum atomic E-state index is 9.36. The third-order valence-electron chi connectivity index (χ3n) is 2.47. The molecule has 1 atom stereocenters. The van der Waals surface area contributed by atoms with Crippen molar-refractivity contribution < 1.29 is 19.5 Å². The summed E-state index contributed by atoms with van der Waals surface area (Å²) in [7, 11) is -1.58. The van der Waals surface area contributed by atoms with Crippen LogP contribution in [0.25, 0.3) is 0 Å². The zero-order valence-corrected chi connectivity index (χ0v) is 9.01. The molecule has 2 rings (SSSR count). The zero-order chi connectivity index (χ0) is 11.7. The van der Waals surface area contributed by atoms with E-state index in [2.05, 4.69) is 0 Å². The Kier molecular flexibility index (Phi) is 3.04. The van der Waals surface area contributed by atoms with Crippen LogP contribution in [-0.4, -0.2) is 30.0 Å². The molecule has 0 saturated carbocycles. The van der Waals surface area contributed by atoms with E-state index in [9.17, 15) is 10.0 Å². The van der Waals surface area contributed by atoms with Crippen molar-refractivity contribution in [2.75, 3.05) is 6.79 Å². The van der Waals surface area contributed by atoms with E-state index in [1.807, 2.05) is 6.92 Å². The van der Waals surface area contributed by atoms with E-state index < -0.39 is 7.12 Å². The second-order valence-corrected chi connectivity index (χ2v) is 3.93. The molecule has 1 unspecified atom stereocenters. The molecule has 0 bridgehead atoms. The monoisotopic (exact) mass is 223 g/mol. The Morgan fingerprint density at radius 1 is 1.44 bits per heavy atom. The largest absolute Gasteiger partial charge is 0.492 e. The van der Waals surface area contributed by atoms with Gasteiger partial charge in [-0.2, -0.15) is 0 Å². The number of fused-ring (bicyclic) bond motifs is 1. The van der Waals surface area contributed by atoms with Gasteiger partial charge >= 0.3 is 7.12 Å². The van der Waals surface area contributed by atoms with Gasteiger partial charge in [-0.1, -0.05) is 6.07 Å². The number of rotatable bonds is 3. The minimum atomic E-state index is -1.58. The highest BCUT2D eigenvalue weighted by Gasteiger charge is 2.28. The first kappa shape index (κ1) is 11.3. The van der Waals surface area contributed by atoms with E-state index in [0.717, 1.165) is 5.56 Å². The molecule has 0 spiro atoms. The molecule has 16 heavy (non-hydrogen) atoms. The van der Waals surface area contributed by atoms with E-state index in [4.69, 9.17) is 15.2 Å². The molecule has 0 fully saturated rings. The number of hydrogen-bond acceptors (Lipinski definition) is 5. The first-order valence-corrected chi connectivity index (χ1v) is 5.12. The van der Waals surface area contributed by atoms with Crippen molar-refractivity contribution in [2.24, 2.45) is 5.73 Å². The molecule has 0 amide bonds. The quantitative estimate of drug-likeness (QED) is 0.571. The summed E-state index contributed by atoms with van der Waals surface area (Å²) in [5, 5.41) is 18.7. The molecular weight excluding hydrogens is 209 g/mol. The van der Waals surface area contributed by atoms with E-state index in [0.29, 0.717) is 23.4 Å². The standard InChI is InChI=1S/C10H14BNO4/c1-6(12)4-7-2-3-8-10(16-5-15-8)9(7)11(13)14/h2-3,6,13-14H,4-5,12H2,1H3. The van der Waals surface area contributed by atoms with Crippen molar-refractivity contribution in [3.8, 4) is 11.5 Å². The molecule has 6 heteroatoms. The molecule has 0 aliphatic carbocycles. The van der Waals surface area contributed by atoms with Gasteiger partial charge in [0.1, 0.15) is 0 Å². The van der Waals surface area contributed by atoms with Gasteiger partial charge < -0.3 is 25.3 Å². The maximum Gasteiger partial charge on any atom is 0.492 e. The van der Waals surface area contributed by atoms with Crippen molar-refractivity contribution >= 4 is 12.6 Å². The fraction of sp³-hybridized carbons (Fsp3) is 0.400. The fourth-order valence-corrected chi connectivity index (χ4v) is 1.84. The Morgan fingerprint density at radius 3 is 2.81 bits per heavy atom. The predicted octanol–water partition coefficient (Wildman–Crippen LogP) is -1.02. The van der Waals surface area contributed by atoms with Crippen LogP contribution in [-0.2, 0) is 6.42 Å². The summed E-state index contributed by atoms with van der Waals surface area (Å²) in [6.45, 7) is 1.97. The normalized spacial score (nSPS) is 15.0. The van der Waals surface area contributed by atoms with Gasteiger partial charge in [0.25, 0.3) is 0 Å². The van der Waals surface area contributed by atoms with Crippen molar-refractivity contribution in [1.29, 1.82) is 0 Å². The van der Waals surface area contributed by atoms with Crippen LogP contribution >= 0.6 is 0 Å². The second kappa shape index (κ2) is 4.33. The minimum absolute atomic E-state index is 0.0575.